The Morgan fingerprint density at radius 1 is 1.33 bits per heavy atom. The summed E-state index contributed by atoms with van der Waals surface area (Å²) in [4.78, 5) is 13.9. The molecular weight excluding hydrogens is 238 g/mol. The smallest absolute Gasteiger partial charge is 0.241 e. The van der Waals surface area contributed by atoms with Crippen LogP contribution in [0.1, 0.15) is 19.3 Å². The molecule has 1 aliphatic rings. The number of benzene rings is 1. The summed E-state index contributed by atoms with van der Waals surface area (Å²) in [5, 5.41) is 2.35. The van der Waals surface area contributed by atoms with E-state index in [1.54, 1.807) is 0 Å². The Bertz CT molecular complexity index is 430. The van der Waals surface area contributed by atoms with Crippen LogP contribution in [0.4, 0.5) is 14.5 Å². The molecule has 0 radical (unpaired) electrons. The lowest BCUT2D eigenvalue weighted by molar-refractivity contribution is -0.121. The summed E-state index contributed by atoms with van der Waals surface area (Å²) in [5.41, 5.74) is -0.360. The number of rotatable bonds is 2. The van der Waals surface area contributed by atoms with Gasteiger partial charge in [0.15, 0.2) is 0 Å². The maximum atomic E-state index is 13.4. The van der Waals surface area contributed by atoms with Crippen LogP contribution in [0.5, 0.6) is 0 Å². The first-order chi connectivity index (χ1) is 8.59. The van der Waals surface area contributed by atoms with Crippen LogP contribution in [-0.2, 0) is 4.79 Å². The number of hydrogen-bond acceptors (Lipinski definition) is 2. The van der Waals surface area contributed by atoms with Gasteiger partial charge in [-0.05, 0) is 38.6 Å². The van der Waals surface area contributed by atoms with E-state index in [2.05, 4.69) is 5.32 Å². The maximum Gasteiger partial charge on any atom is 0.241 e. The average Bonchev–Trinajstić information content (AvgIpc) is 2.34. The highest BCUT2D eigenvalue weighted by molar-refractivity contribution is 5.95. The third kappa shape index (κ3) is 2.67. The number of piperidine rings is 1. The number of anilines is 1. The number of hydrogen-bond donors (Lipinski definition) is 1. The van der Waals surface area contributed by atoms with Crippen LogP contribution in [0.25, 0.3) is 0 Å². The van der Waals surface area contributed by atoms with E-state index >= 15 is 0 Å². The van der Waals surface area contributed by atoms with Crippen molar-refractivity contribution in [2.45, 2.75) is 25.3 Å². The second-order valence-corrected chi connectivity index (χ2v) is 4.58. The fraction of sp³-hybridized carbons (Fsp3) is 0.462. The van der Waals surface area contributed by atoms with Gasteiger partial charge in [0.1, 0.15) is 17.3 Å². The van der Waals surface area contributed by atoms with Gasteiger partial charge in [-0.25, -0.2) is 8.78 Å². The molecule has 18 heavy (non-hydrogen) atoms. The predicted octanol–water partition coefficient (Wildman–Crippen LogP) is 2.39. The van der Waals surface area contributed by atoms with Crippen molar-refractivity contribution in [1.82, 2.24) is 4.90 Å². The zero-order chi connectivity index (χ0) is 13.1. The van der Waals surface area contributed by atoms with E-state index < -0.39 is 11.6 Å². The van der Waals surface area contributed by atoms with Crippen molar-refractivity contribution < 1.29 is 13.6 Å². The van der Waals surface area contributed by atoms with Crippen molar-refractivity contribution in [1.29, 1.82) is 0 Å². The summed E-state index contributed by atoms with van der Waals surface area (Å²) in [6.45, 7) is 0.831. The van der Waals surface area contributed by atoms with Crippen molar-refractivity contribution in [3.05, 3.63) is 29.8 Å². The quantitative estimate of drug-likeness (QED) is 0.879. The average molecular weight is 254 g/mol. The third-order valence-electron chi connectivity index (χ3n) is 3.28. The second-order valence-electron chi connectivity index (χ2n) is 4.58. The Kier molecular flexibility index (Phi) is 3.91. The Balaban J connectivity index is 2.11. The highest BCUT2D eigenvalue weighted by Crippen LogP contribution is 2.21. The van der Waals surface area contributed by atoms with Crippen molar-refractivity contribution in [3.8, 4) is 0 Å². The number of nitrogens with zero attached hydrogens (tertiary/aromatic N) is 1. The number of amides is 1. The zero-order valence-electron chi connectivity index (χ0n) is 10.2. The standard InChI is InChI=1S/C13H16F2N2O/c1-17-8-3-2-7-11(17)13(18)16-12-9(14)5-4-6-10(12)15/h4-6,11H,2-3,7-8H2,1H3,(H,16,18). The molecule has 1 amide bonds. The molecule has 1 aliphatic heterocycles. The lowest BCUT2D eigenvalue weighted by atomic mass is 10.0. The van der Waals surface area contributed by atoms with Crippen molar-refractivity contribution in [3.63, 3.8) is 0 Å². The topological polar surface area (TPSA) is 32.3 Å². The molecule has 1 heterocycles. The monoisotopic (exact) mass is 254 g/mol. The van der Waals surface area contributed by atoms with Crippen molar-refractivity contribution >= 4 is 11.6 Å². The largest absolute Gasteiger partial charge is 0.320 e. The summed E-state index contributed by atoms with van der Waals surface area (Å²) in [6, 6.07) is 3.22. The molecule has 1 fully saturated rings. The van der Waals surface area contributed by atoms with Crippen LogP contribution >= 0.6 is 0 Å². The zero-order valence-corrected chi connectivity index (χ0v) is 10.2. The number of para-hydroxylation sites is 1. The Labute approximate surface area is 105 Å². The molecule has 0 spiro atoms. The third-order valence-corrected chi connectivity index (χ3v) is 3.28. The first kappa shape index (κ1) is 13.0. The summed E-state index contributed by atoms with van der Waals surface area (Å²) in [6.07, 6.45) is 2.73. The molecular formula is C13H16F2N2O. The summed E-state index contributed by atoms with van der Waals surface area (Å²) >= 11 is 0. The van der Waals surface area contributed by atoms with Gasteiger partial charge in [-0.3, -0.25) is 9.69 Å². The maximum absolute atomic E-state index is 13.4. The SMILES string of the molecule is CN1CCCCC1C(=O)Nc1c(F)cccc1F. The molecule has 1 saturated heterocycles. The van der Waals surface area contributed by atoms with Crippen LogP contribution in [0.2, 0.25) is 0 Å². The number of likely N-dealkylation sites (tertiary alicyclic amines) is 1. The molecule has 2 rings (SSSR count). The fourth-order valence-corrected chi connectivity index (χ4v) is 2.23. The van der Waals surface area contributed by atoms with Crippen LogP contribution in [0.3, 0.4) is 0 Å². The molecule has 1 aromatic rings. The van der Waals surface area contributed by atoms with E-state index in [1.807, 2.05) is 11.9 Å². The van der Waals surface area contributed by atoms with E-state index in [1.165, 1.54) is 6.07 Å². The van der Waals surface area contributed by atoms with Crippen LogP contribution in [0, 0.1) is 11.6 Å². The lowest BCUT2D eigenvalue weighted by Gasteiger charge is -2.31. The molecule has 0 bridgehead atoms. The van der Waals surface area contributed by atoms with Gasteiger partial charge in [0.25, 0.3) is 0 Å². The molecule has 1 aromatic carbocycles. The normalized spacial score (nSPS) is 20.7. The van der Waals surface area contributed by atoms with E-state index in [0.717, 1.165) is 37.9 Å². The molecule has 98 valence electrons. The number of halogens is 2. The van der Waals surface area contributed by atoms with Crippen LogP contribution in [-0.4, -0.2) is 30.4 Å². The molecule has 1 N–H and O–H groups in total. The Morgan fingerprint density at radius 3 is 2.61 bits per heavy atom. The van der Waals surface area contributed by atoms with Gasteiger partial charge < -0.3 is 5.32 Å². The number of likely N-dealkylation sites (N-methyl/N-ethyl adjacent to an activating group) is 1. The molecule has 0 saturated carbocycles. The van der Waals surface area contributed by atoms with Crippen molar-refractivity contribution in [2.24, 2.45) is 0 Å². The van der Waals surface area contributed by atoms with Crippen LogP contribution < -0.4 is 5.32 Å². The predicted molar refractivity (Wildman–Crippen MR) is 65.3 cm³/mol. The van der Waals surface area contributed by atoms with Gasteiger partial charge in [-0.1, -0.05) is 12.5 Å². The van der Waals surface area contributed by atoms with Gasteiger partial charge in [0.2, 0.25) is 5.91 Å². The number of carbonyl (C=O) groups excluding carboxylic acids is 1. The summed E-state index contributed by atoms with van der Waals surface area (Å²) in [5.74, 6) is -1.84. The fourth-order valence-electron chi connectivity index (χ4n) is 2.23. The summed E-state index contributed by atoms with van der Waals surface area (Å²) < 4.78 is 26.8. The Morgan fingerprint density at radius 2 is 2.00 bits per heavy atom. The minimum atomic E-state index is -0.748. The Hall–Kier alpha value is -1.49. The van der Waals surface area contributed by atoms with Gasteiger partial charge in [-0.2, -0.15) is 0 Å². The number of carbonyl (C=O) groups is 1. The van der Waals surface area contributed by atoms with Gasteiger partial charge in [0, 0.05) is 0 Å². The van der Waals surface area contributed by atoms with Crippen LogP contribution in [0.15, 0.2) is 18.2 Å². The summed E-state index contributed by atoms with van der Waals surface area (Å²) in [7, 11) is 1.85. The van der Waals surface area contributed by atoms with Crippen molar-refractivity contribution in [2.75, 3.05) is 18.9 Å². The van der Waals surface area contributed by atoms with E-state index in [4.69, 9.17) is 0 Å². The molecule has 0 aliphatic carbocycles. The molecule has 1 unspecified atom stereocenters. The molecule has 5 heteroatoms. The highest BCUT2D eigenvalue weighted by atomic mass is 19.1. The second kappa shape index (κ2) is 5.44. The molecule has 3 nitrogen and oxygen atoms in total. The first-order valence-electron chi connectivity index (χ1n) is 6.04. The highest BCUT2D eigenvalue weighted by Gasteiger charge is 2.27. The van der Waals surface area contributed by atoms with E-state index in [0.29, 0.717) is 0 Å². The minimum absolute atomic E-state index is 0.308. The minimum Gasteiger partial charge on any atom is -0.320 e. The van der Waals surface area contributed by atoms with Gasteiger partial charge >= 0.3 is 0 Å². The number of nitrogens with one attached hydrogen (secondary N) is 1. The van der Waals surface area contributed by atoms with E-state index in [-0.39, 0.29) is 17.6 Å². The lowest BCUT2D eigenvalue weighted by Crippen LogP contribution is -2.44. The van der Waals surface area contributed by atoms with Gasteiger partial charge in [-0.15, -0.1) is 0 Å². The molecule has 1 atom stereocenters. The first-order valence-corrected chi connectivity index (χ1v) is 6.04. The van der Waals surface area contributed by atoms with E-state index in [9.17, 15) is 13.6 Å². The van der Waals surface area contributed by atoms with Gasteiger partial charge in [0.05, 0.1) is 6.04 Å². The molecule has 0 aromatic heterocycles.